The molecule has 0 aliphatic heterocycles. The molecule has 132 valence electrons. The zero-order chi connectivity index (χ0) is 18.7. The molecule has 1 amide bonds. The Morgan fingerprint density at radius 2 is 1.42 bits per heavy atom. The summed E-state index contributed by atoms with van der Waals surface area (Å²) in [4.78, 5) is 13.2. The minimum Gasteiger partial charge on any atom is -0.268 e. The molecule has 0 aliphatic rings. The third-order valence-corrected chi connectivity index (χ3v) is 5.72. The van der Waals surface area contributed by atoms with Crippen LogP contribution in [0.1, 0.15) is 21.5 Å². The summed E-state index contributed by atoms with van der Waals surface area (Å²) in [5.74, 6) is -0.583. The monoisotopic (exact) mass is 365 g/mol. The molecule has 3 aromatic carbocycles. The Bertz CT molecular complexity index is 1030. The van der Waals surface area contributed by atoms with E-state index in [2.05, 4.69) is 0 Å². The lowest BCUT2D eigenvalue weighted by Gasteiger charge is -2.23. The highest BCUT2D eigenvalue weighted by Gasteiger charge is 2.31. The van der Waals surface area contributed by atoms with Crippen molar-refractivity contribution in [3.05, 3.63) is 95.6 Å². The molecule has 0 unspecified atom stereocenters. The lowest BCUT2D eigenvalue weighted by molar-refractivity contribution is 0.101. The summed E-state index contributed by atoms with van der Waals surface area (Å²) < 4.78 is 27.4. The first-order chi connectivity index (χ1) is 12.4. The molecule has 0 spiro atoms. The fourth-order valence-corrected chi connectivity index (χ4v) is 4.05. The maximum absolute atomic E-state index is 13.2. The van der Waals surface area contributed by atoms with Crippen LogP contribution in [-0.4, -0.2) is 14.3 Å². The van der Waals surface area contributed by atoms with Crippen LogP contribution in [0, 0.1) is 13.8 Å². The third kappa shape index (κ3) is 3.53. The SMILES string of the molecule is Cc1ccc(S(=O)(=O)N(C(=O)c2cccc(C)c2)c2ccccc2)cc1. The first kappa shape index (κ1) is 17.9. The van der Waals surface area contributed by atoms with Crippen LogP contribution in [0.15, 0.2) is 83.8 Å². The van der Waals surface area contributed by atoms with Crippen LogP contribution in [0.2, 0.25) is 0 Å². The summed E-state index contributed by atoms with van der Waals surface area (Å²) >= 11 is 0. The summed E-state index contributed by atoms with van der Waals surface area (Å²) in [6.07, 6.45) is 0. The molecule has 0 aromatic heterocycles. The van der Waals surface area contributed by atoms with Crippen LogP contribution in [0.25, 0.3) is 0 Å². The smallest absolute Gasteiger partial charge is 0.268 e. The van der Waals surface area contributed by atoms with Gasteiger partial charge in [-0.15, -0.1) is 0 Å². The normalized spacial score (nSPS) is 11.2. The highest BCUT2D eigenvalue weighted by molar-refractivity contribution is 7.93. The van der Waals surface area contributed by atoms with Gasteiger partial charge in [0.15, 0.2) is 0 Å². The number of amides is 1. The Morgan fingerprint density at radius 3 is 2.04 bits per heavy atom. The number of para-hydroxylation sites is 1. The summed E-state index contributed by atoms with van der Waals surface area (Å²) in [5, 5.41) is 0. The first-order valence-corrected chi connectivity index (χ1v) is 9.61. The number of carbonyl (C=O) groups excluding carboxylic acids is 1. The van der Waals surface area contributed by atoms with Gasteiger partial charge in [0.1, 0.15) is 0 Å². The Morgan fingerprint density at radius 1 is 0.769 bits per heavy atom. The van der Waals surface area contributed by atoms with Gasteiger partial charge in [-0.25, -0.2) is 8.42 Å². The molecule has 0 bridgehead atoms. The van der Waals surface area contributed by atoms with E-state index in [0.29, 0.717) is 11.3 Å². The zero-order valence-corrected chi connectivity index (χ0v) is 15.4. The van der Waals surface area contributed by atoms with Crippen molar-refractivity contribution in [3.8, 4) is 0 Å². The van der Waals surface area contributed by atoms with Gasteiger partial charge < -0.3 is 0 Å². The van der Waals surface area contributed by atoms with Crippen LogP contribution in [0.3, 0.4) is 0 Å². The van der Waals surface area contributed by atoms with Gasteiger partial charge in [0.05, 0.1) is 10.6 Å². The molecule has 26 heavy (non-hydrogen) atoms. The Labute approximate surface area is 153 Å². The van der Waals surface area contributed by atoms with Crippen molar-refractivity contribution in [2.45, 2.75) is 18.7 Å². The maximum Gasteiger partial charge on any atom is 0.272 e. The summed E-state index contributed by atoms with van der Waals surface area (Å²) in [6, 6.07) is 21.8. The number of sulfonamides is 1. The average Bonchev–Trinajstić information content (AvgIpc) is 2.63. The third-order valence-electron chi connectivity index (χ3n) is 4.00. The van der Waals surface area contributed by atoms with Crippen molar-refractivity contribution in [2.24, 2.45) is 0 Å². The Kier molecular flexibility index (Phi) is 4.91. The molecule has 0 saturated carbocycles. The Hall–Kier alpha value is -2.92. The van der Waals surface area contributed by atoms with Gasteiger partial charge in [0, 0.05) is 5.56 Å². The van der Waals surface area contributed by atoms with Crippen molar-refractivity contribution in [1.29, 1.82) is 0 Å². The van der Waals surface area contributed by atoms with E-state index in [4.69, 9.17) is 0 Å². The van der Waals surface area contributed by atoms with E-state index in [1.807, 2.05) is 19.9 Å². The largest absolute Gasteiger partial charge is 0.272 e. The predicted octanol–water partition coefficient (Wildman–Crippen LogP) is 4.34. The van der Waals surface area contributed by atoms with Crippen molar-refractivity contribution in [1.82, 2.24) is 0 Å². The van der Waals surface area contributed by atoms with Crippen LogP contribution < -0.4 is 4.31 Å². The molecule has 0 radical (unpaired) electrons. The minimum atomic E-state index is -4.05. The van der Waals surface area contributed by atoms with Crippen molar-refractivity contribution in [3.63, 3.8) is 0 Å². The lowest BCUT2D eigenvalue weighted by atomic mass is 10.1. The van der Waals surface area contributed by atoms with Crippen molar-refractivity contribution in [2.75, 3.05) is 4.31 Å². The van der Waals surface area contributed by atoms with Crippen LogP contribution in [0.5, 0.6) is 0 Å². The number of hydrogen-bond acceptors (Lipinski definition) is 3. The summed E-state index contributed by atoms with van der Waals surface area (Å²) in [6.45, 7) is 3.74. The molecular formula is C21H19NO3S. The molecule has 4 nitrogen and oxygen atoms in total. The second kappa shape index (κ2) is 7.14. The minimum absolute atomic E-state index is 0.0768. The van der Waals surface area contributed by atoms with Gasteiger partial charge in [-0.3, -0.25) is 4.79 Å². The summed E-state index contributed by atoms with van der Waals surface area (Å²) in [5.41, 5.74) is 2.46. The highest BCUT2D eigenvalue weighted by Crippen LogP contribution is 2.26. The van der Waals surface area contributed by atoms with Gasteiger partial charge in [0.25, 0.3) is 15.9 Å². The molecule has 0 atom stereocenters. The number of carbonyl (C=O) groups is 1. The predicted molar refractivity (Wildman–Crippen MR) is 103 cm³/mol. The van der Waals surface area contributed by atoms with E-state index in [1.165, 1.54) is 12.1 Å². The lowest BCUT2D eigenvalue weighted by Crippen LogP contribution is -2.37. The van der Waals surface area contributed by atoms with E-state index in [0.717, 1.165) is 15.4 Å². The molecule has 0 saturated heterocycles. The number of anilines is 1. The first-order valence-electron chi connectivity index (χ1n) is 8.17. The topological polar surface area (TPSA) is 54.5 Å². The van der Waals surface area contributed by atoms with E-state index in [-0.39, 0.29) is 4.90 Å². The second-order valence-corrected chi connectivity index (χ2v) is 7.88. The average molecular weight is 365 g/mol. The van der Waals surface area contributed by atoms with E-state index >= 15 is 0 Å². The fraction of sp³-hybridized carbons (Fsp3) is 0.0952. The molecule has 3 aromatic rings. The van der Waals surface area contributed by atoms with E-state index < -0.39 is 15.9 Å². The van der Waals surface area contributed by atoms with Gasteiger partial charge in [-0.1, -0.05) is 53.6 Å². The molecular weight excluding hydrogens is 346 g/mol. The number of aryl methyl sites for hydroxylation is 2. The van der Waals surface area contributed by atoms with Crippen molar-refractivity contribution >= 4 is 21.6 Å². The quantitative estimate of drug-likeness (QED) is 0.691. The fourth-order valence-electron chi connectivity index (χ4n) is 2.64. The second-order valence-electron chi connectivity index (χ2n) is 6.09. The molecule has 0 N–H and O–H groups in total. The van der Waals surface area contributed by atoms with Gasteiger partial charge in [0.2, 0.25) is 0 Å². The molecule has 3 rings (SSSR count). The molecule has 0 fully saturated rings. The van der Waals surface area contributed by atoms with Gasteiger partial charge >= 0.3 is 0 Å². The zero-order valence-electron chi connectivity index (χ0n) is 14.6. The highest BCUT2D eigenvalue weighted by atomic mass is 32.2. The number of nitrogens with zero attached hydrogens (tertiary/aromatic N) is 1. The van der Waals surface area contributed by atoms with Crippen molar-refractivity contribution < 1.29 is 13.2 Å². The Balaban J connectivity index is 2.15. The molecule has 0 aliphatic carbocycles. The molecule has 0 heterocycles. The molecule has 5 heteroatoms. The van der Waals surface area contributed by atoms with Gasteiger partial charge in [-0.05, 0) is 50.2 Å². The number of benzene rings is 3. The summed E-state index contributed by atoms with van der Waals surface area (Å²) in [7, 11) is -4.05. The maximum atomic E-state index is 13.2. The van der Waals surface area contributed by atoms with Crippen LogP contribution in [-0.2, 0) is 10.0 Å². The van der Waals surface area contributed by atoms with Gasteiger partial charge in [-0.2, -0.15) is 4.31 Å². The van der Waals surface area contributed by atoms with E-state index in [1.54, 1.807) is 60.7 Å². The standard InChI is InChI=1S/C21H19NO3S/c1-16-11-13-20(14-12-16)26(24,25)22(19-9-4-3-5-10-19)21(23)18-8-6-7-17(2)15-18/h3-15H,1-2H3. The van der Waals surface area contributed by atoms with E-state index in [9.17, 15) is 13.2 Å². The van der Waals surface area contributed by atoms with Crippen LogP contribution in [0.4, 0.5) is 5.69 Å². The van der Waals surface area contributed by atoms with Crippen LogP contribution >= 0.6 is 0 Å². The number of hydrogen-bond donors (Lipinski definition) is 0. The number of rotatable bonds is 4.